The Hall–Kier alpha value is -3.35. The van der Waals surface area contributed by atoms with Crippen molar-refractivity contribution < 1.29 is 26.0 Å². The van der Waals surface area contributed by atoms with Gasteiger partial charge in [0.15, 0.2) is 0 Å². The third-order valence-electron chi connectivity index (χ3n) is 4.62. The van der Waals surface area contributed by atoms with Crippen LogP contribution < -0.4 is 10.3 Å². The van der Waals surface area contributed by atoms with Crippen LogP contribution in [0.15, 0.2) is 40.2 Å². The van der Waals surface area contributed by atoms with Gasteiger partial charge in [0, 0.05) is 23.2 Å². The van der Waals surface area contributed by atoms with E-state index in [1.54, 1.807) is 18.6 Å². The highest BCUT2D eigenvalue weighted by Gasteiger charge is 2.30. The van der Waals surface area contributed by atoms with E-state index in [9.17, 15) is 30.8 Å². The first-order valence-corrected chi connectivity index (χ1v) is 11.2. The summed E-state index contributed by atoms with van der Waals surface area (Å²) in [6, 6.07) is 4.40. The van der Waals surface area contributed by atoms with Gasteiger partial charge in [0.1, 0.15) is 11.5 Å². The number of fused-ring (bicyclic) bond motifs is 1. The largest absolute Gasteiger partial charge is 0.390 e. The molecular weight excluding hydrogens is 466 g/mol. The lowest BCUT2D eigenvalue weighted by atomic mass is 10.0. The maximum atomic E-state index is 14.6. The van der Waals surface area contributed by atoms with Crippen LogP contribution in [0.4, 0.5) is 29.2 Å². The highest BCUT2D eigenvalue weighted by atomic mass is 32.2. The number of aliphatic imine (C=N–C) groups is 1. The van der Waals surface area contributed by atoms with Crippen molar-refractivity contribution >= 4 is 39.4 Å². The van der Waals surface area contributed by atoms with Gasteiger partial charge in [0.05, 0.1) is 17.9 Å². The third kappa shape index (κ3) is 5.53. The molecule has 0 saturated carbocycles. The molecule has 176 valence electrons. The molecule has 0 spiro atoms. The Bertz CT molecular complexity index is 1380. The van der Waals surface area contributed by atoms with Gasteiger partial charge in [0.2, 0.25) is 10.0 Å². The first-order chi connectivity index (χ1) is 15.3. The first-order valence-electron chi connectivity index (χ1n) is 9.57. The Morgan fingerprint density at radius 1 is 1.24 bits per heavy atom. The maximum absolute atomic E-state index is 14.6. The smallest absolute Gasteiger partial charge is 0.289 e. The topological polar surface area (TPSA) is 106 Å². The van der Waals surface area contributed by atoms with Crippen molar-refractivity contribution in [1.29, 1.82) is 0 Å². The third-order valence-corrected chi connectivity index (χ3v) is 5.89. The highest BCUT2D eigenvalue weighted by molar-refractivity contribution is 7.92. The van der Waals surface area contributed by atoms with Crippen LogP contribution in [0.25, 0.3) is 22.2 Å². The predicted molar refractivity (Wildman–Crippen MR) is 117 cm³/mol. The molecule has 0 saturated heterocycles. The van der Waals surface area contributed by atoms with Gasteiger partial charge in [-0.2, -0.15) is 18.2 Å². The van der Waals surface area contributed by atoms with Gasteiger partial charge < -0.3 is 0 Å². The lowest BCUT2D eigenvalue weighted by Crippen LogP contribution is -2.24. The predicted octanol–water partition coefficient (Wildman–Crippen LogP) is 4.20. The standard InChI is InChI=1S/C20H19F4N5O3S/c1-11(2)29-17-13(10-26-19(25-3)27-17)8-14(18(29)30)12-4-5-16(15(21)9-12)28-33(31,32)7-6-20(22,23)24/h4-5,8-11,28H,3,6-7H2,1-2H3. The van der Waals surface area contributed by atoms with E-state index in [2.05, 4.69) is 21.7 Å². The average Bonchev–Trinajstić information content (AvgIpc) is 2.72. The summed E-state index contributed by atoms with van der Waals surface area (Å²) in [6.45, 7) is 6.87. The van der Waals surface area contributed by atoms with Crippen molar-refractivity contribution in [2.45, 2.75) is 32.5 Å². The summed E-state index contributed by atoms with van der Waals surface area (Å²) in [4.78, 5) is 25.0. The number of benzene rings is 1. The van der Waals surface area contributed by atoms with Gasteiger partial charge in [-0.3, -0.25) is 14.1 Å². The van der Waals surface area contributed by atoms with Crippen LogP contribution >= 0.6 is 0 Å². The number of anilines is 1. The molecular formula is C20H19F4N5O3S. The zero-order chi connectivity index (χ0) is 24.6. The fraction of sp³-hybridized carbons (Fsp3) is 0.300. The Kier molecular flexibility index (Phi) is 6.54. The van der Waals surface area contributed by atoms with E-state index in [-0.39, 0.29) is 23.1 Å². The molecule has 1 N–H and O–H groups in total. The molecule has 1 aromatic carbocycles. The van der Waals surface area contributed by atoms with Gasteiger partial charge >= 0.3 is 6.18 Å². The van der Waals surface area contributed by atoms with Crippen molar-refractivity contribution in [3.05, 3.63) is 46.6 Å². The summed E-state index contributed by atoms with van der Waals surface area (Å²) in [5, 5.41) is 0.475. The first kappa shape index (κ1) is 24.3. The number of hydrogen-bond donors (Lipinski definition) is 1. The van der Waals surface area contributed by atoms with E-state index in [1.165, 1.54) is 22.9 Å². The molecule has 0 unspecified atom stereocenters. The molecule has 0 aliphatic rings. The van der Waals surface area contributed by atoms with Crippen molar-refractivity contribution in [2.75, 3.05) is 10.5 Å². The molecule has 0 aliphatic carbocycles. The van der Waals surface area contributed by atoms with Gasteiger partial charge in [-0.1, -0.05) is 6.07 Å². The number of nitrogens with zero attached hydrogens (tertiary/aromatic N) is 4. The SMILES string of the molecule is C=Nc1ncc2cc(-c3ccc(NS(=O)(=O)CCC(F)(F)F)c(F)c3)c(=O)n(C(C)C)c2n1. The maximum Gasteiger partial charge on any atom is 0.390 e. The molecule has 0 atom stereocenters. The van der Waals surface area contributed by atoms with Gasteiger partial charge in [-0.05, 0) is 44.3 Å². The number of aromatic nitrogens is 3. The lowest BCUT2D eigenvalue weighted by Gasteiger charge is -2.16. The van der Waals surface area contributed by atoms with Gasteiger partial charge in [-0.25, -0.2) is 22.8 Å². The fourth-order valence-electron chi connectivity index (χ4n) is 3.11. The zero-order valence-corrected chi connectivity index (χ0v) is 18.3. The Labute approximate surface area is 186 Å². The van der Waals surface area contributed by atoms with Crippen LogP contribution in [0.5, 0.6) is 0 Å². The molecule has 0 bridgehead atoms. The summed E-state index contributed by atoms with van der Waals surface area (Å²) in [7, 11) is -4.44. The normalized spacial score (nSPS) is 12.3. The van der Waals surface area contributed by atoms with Crippen molar-refractivity contribution in [1.82, 2.24) is 14.5 Å². The number of sulfonamides is 1. The Morgan fingerprint density at radius 3 is 2.52 bits per heavy atom. The van der Waals surface area contributed by atoms with E-state index in [0.29, 0.717) is 11.0 Å². The second-order valence-corrected chi connectivity index (χ2v) is 9.26. The van der Waals surface area contributed by atoms with Gasteiger partial charge in [0.25, 0.3) is 11.5 Å². The number of rotatable bonds is 7. The van der Waals surface area contributed by atoms with Crippen LogP contribution in [0.3, 0.4) is 0 Å². The quantitative estimate of drug-likeness (QED) is 0.399. The van der Waals surface area contributed by atoms with E-state index in [4.69, 9.17) is 0 Å². The molecule has 8 nitrogen and oxygen atoms in total. The minimum Gasteiger partial charge on any atom is -0.289 e. The molecule has 0 radical (unpaired) electrons. The van der Waals surface area contributed by atoms with Crippen LogP contribution in [-0.4, -0.2) is 41.6 Å². The molecule has 3 rings (SSSR count). The molecule has 0 amide bonds. The van der Waals surface area contributed by atoms with E-state index >= 15 is 0 Å². The van der Waals surface area contributed by atoms with Crippen LogP contribution in [0.2, 0.25) is 0 Å². The number of pyridine rings is 1. The molecule has 0 aliphatic heterocycles. The molecule has 2 aromatic heterocycles. The summed E-state index contributed by atoms with van der Waals surface area (Å²) < 4.78 is 78.5. The monoisotopic (exact) mass is 485 g/mol. The Morgan fingerprint density at radius 2 is 1.94 bits per heavy atom. The second-order valence-electron chi connectivity index (χ2n) is 7.41. The number of halogens is 4. The molecule has 13 heteroatoms. The summed E-state index contributed by atoms with van der Waals surface area (Å²) >= 11 is 0. The van der Waals surface area contributed by atoms with Crippen molar-refractivity contribution in [2.24, 2.45) is 4.99 Å². The molecule has 0 fully saturated rings. The summed E-state index contributed by atoms with van der Waals surface area (Å²) in [6.07, 6.45) is -4.80. The minimum absolute atomic E-state index is 0.0808. The highest BCUT2D eigenvalue weighted by Crippen LogP contribution is 2.27. The van der Waals surface area contributed by atoms with E-state index in [0.717, 1.165) is 12.1 Å². The van der Waals surface area contributed by atoms with E-state index in [1.807, 2.05) is 0 Å². The summed E-state index contributed by atoms with van der Waals surface area (Å²) in [5.74, 6) is -2.22. The van der Waals surface area contributed by atoms with Crippen molar-refractivity contribution in [3.63, 3.8) is 0 Å². The van der Waals surface area contributed by atoms with Crippen LogP contribution in [0.1, 0.15) is 26.3 Å². The minimum atomic E-state index is -4.67. The van der Waals surface area contributed by atoms with Crippen LogP contribution in [-0.2, 0) is 10.0 Å². The van der Waals surface area contributed by atoms with Crippen molar-refractivity contribution in [3.8, 4) is 11.1 Å². The zero-order valence-electron chi connectivity index (χ0n) is 17.5. The number of hydrogen-bond acceptors (Lipinski definition) is 6. The lowest BCUT2D eigenvalue weighted by molar-refractivity contribution is -0.129. The molecule has 2 heterocycles. The number of alkyl halides is 3. The number of nitrogens with one attached hydrogen (secondary N) is 1. The molecule has 3 aromatic rings. The van der Waals surface area contributed by atoms with Gasteiger partial charge in [-0.15, -0.1) is 0 Å². The average molecular weight is 485 g/mol. The molecule has 33 heavy (non-hydrogen) atoms. The second kappa shape index (κ2) is 8.89. The van der Waals surface area contributed by atoms with Crippen LogP contribution in [0, 0.1) is 5.82 Å². The Balaban J connectivity index is 2.03. The summed E-state index contributed by atoms with van der Waals surface area (Å²) in [5.41, 5.74) is -0.465. The fourth-order valence-corrected chi connectivity index (χ4v) is 4.21. The van der Waals surface area contributed by atoms with E-state index < -0.39 is 45.4 Å².